The molecule has 2 aromatic rings. The van der Waals surface area contributed by atoms with Gasteiger partial charge < -0.3 is 4.90 Å². The number of aromatic nitrogens is 3. The quantitative estimate of drug-likeness (QED) is 0.851. The molecule has 2 rings (SSSR count). The molecule has 5 heteroatoms. The molecule has 0 fully saturated rings. The van der Waals surface area contributed by atoms with Crippen molar-refractivity contribution < 1.29 is 4.79 Å². The van der Waals surface area contributed by atoms with E-state index in [-0.39, 0.29) is 5.91 Å². The molecular formula is C17H22N4O. The summed E-state index contributed by atoms with van der Waals surface area (Å²) in [6.45, 7) is 6.65. The highest BCUT2D eigenvalue weighted by Crippen LogP contribution is 2.17. The zero-order valence-corrected chi connectivity index (χ0v) is 13.6. The van der Waals surface area contributed by atoms with Crippen molar-refractivity contribution in [2.45, 2.75) is 39.7 Å². The second-order valence-corrected chi connectivity index (χ2v) is 5.60. The van der Waals surface area contributed by atoms with Crippen LogP contribution in [0.2, 0.25) is 0 Å². The van der Waals surface area contributed by atoms with Crippen LogP contribution in [0.1, 0.15) is 54.1 Å². The maximum absolute atomic E-state index is 12.6. The van der Waals surface area contributed by atoms with Gasteiger partial charge in [-0.05, 0) is 24.5 Å². The minimum Gasteiger partial charge on any atom is -0.336 e. The van der Waals surface area contributed by atoms with Gasteiger partial charge >= 0.3 is 0 Å². The van der Waals surface area contributed by atoms with Crippen LogP contribution >= 0.6 is 0 Å². The minimum atomic E-state index is -0.0368. The molecule has 0 aliphatic heterocycles. The average Bonchev–Trinajstić information content (AvgIpc) is 2.54. The summed E-state index contributed by atoms with van der Waals surface area (Å²) < 4.78 is 0. The molecule has 2 aromatic heterocycles. The first-order chi connectivity index (χ1) is 10.5. The first-order valence-corrected chi connectivity index (χ1v) is 7.53. The van der Waals surface area contributed by atoms with Crippen LogP contribution in [0.5, 0.6) is 0 Å². The molecule has 0 aliphatic rings. The molecule has 0 saturated heterocycles. The third-order valence-electron chi connectivity index (χ3n) is 3.52. The summed E-state index contributed by atoms with van der Waals surface area (Å²) in [6.07, 6.45) is 5.66. The monoisotopic (exact) mass is 298 g/mol. The molecule has 5 nitrogen and oxygen atoms in total. The van der Waals surface area contributed by atoms with Gasteiger partial charge in [0.15, 0.2) is 0 Å². The van der Waals surface area contributed by atoms with Gasteiger partial charge in [0, 0.05) is 25.1 Å². The third kappa shape index (κ3) is 3.67. The maximum atomic E-state index is 12.6. The molecule has 22 heavy (non-hydrogen) atoms. The number of carbonyl (C=O) groups excluding carboxylic acids is 1. The number of carbonyl (C=O) groups is 1. The Labute approximate surface area is 131 Å². The van der Waals surface area contributed by atoms with Crippen LogP contribution in [0, 0.1) is 0 Å². The summed E-state index contributed by atoms with van der Waals surface area (Å²) in [5.41, 5.74) is 3.30. The molecule has 116 valence electrons. The maximum Gasteiger partial charge on any atom is 0.255 e. The summed E-state index contributed by atoms with van der Waals surface area (Å²) in [7, 11) is 1.77. The number of hydrogen-bond donors (Lipinski definition) is 0. The predicted octanol–water partition coefficient (Wildman–Crippen LogP) is 2.83. The molecule has 0 N–H and O–H groups in total. The number of hydrogen-bond acceptors (Lipinski definition) is 4. The zero-order chi connectivity index (χ0) is 16.1. The lowest BCUT2D eigenvalue weighted by Crippen LogP contribution is -2.28. The first-order valence-electron chi connectivity index (χ1n) is 7.53. The van der Waals surface area contributed by atoms with Crippen LogP contribution in [0.15, 0.2) is 30.7 Å². The second kappa shape index (κ2) is 7.11. The minimum absolute atomic E-state index is 0.0368. The van der Waals surface area contributed by atoms with Crippen molar-refractivity contribution in [2.24, 2.45) is 0 Å². The Hall–Kier alpha value is -2.30. The summed E-state index contributed by atoms with van der Waals surface area (Å²) in [6, 6.07) is 3.82. The molecule has 1 amide bonds. The topological polar surface area (TPSA) is 59.0 Å². The number of aryl methyl sites for hydroxylation is 1. The van der Waals surface area contributed by atoms with E-state index >= 15 is 0 Å². The van der Waals surface area contributed by atoms with Gasteiger partial charge in [-0.15, -0.1) is 0 Å². The highest BCUT2D eigenvalue weighted by Gasteiger charge is 2.17. The van der Waals surface area contributed by atoms with Crippen LogP contribution in [0.4, 0.5) is 0 Å². The van der Waals surface area contributed by atoms with Crippen LogP contribution in [0.25, 0.3) is 0 Å². The molecular weight excluding hydrogens is 276 g/mol. The van der Waals surface area contributed by atoms with Crippen LogP contribution in [0.3, 0.4) is 0 Å². The lowest BCUT2D eigenvalue weighted by molar-refractivity contribution is 0.0781. The van der Waals surface area contributed by atoms with Gasteiger partial charge in [0.2, 0.25) is 0 Å². The first kappa shape index (κ1) is 16.1. The van der Waals surface area contributed by atoms with Gasteiger partial charge in [0.25, 0.3) is 5.91 Å². The fraction of sp³-hybridized carbons (Fsp3) is 0.412. The summed E-state index contributed by atoms with van der Waals surface area (Å²) in [4.78, 5) is 27.1. The number of nitrogens with zero attached hydrogens (tertiary/aromatic N) is 4. The number of rotatable bonds is 5. The lowest BCUT2D eigenvalue weighted by atomic mass is 10.0. The molecule has 0 unspecified atom stereocenters. The van der Waals surface area contributed by atoms with Crippen molar-refractivity contribution in [1.29, 1.82) is 0 Å². The average molecular weight is 298 g/mol. The van der Waals surface area contributed by atoms with Gasteiger partial charge in [-0.1, -0.05) is 20.8 Å². The van der Waals surface area contributed by atoms with Crippen LogP contribution < -0.4 is 0 Å². The Morgan fingerprint density at radius 3 is 2.64 bits per heavy atom. The van der Waals surface area contributed by atoms with Gasteiger partial charge in [0.05, 0.1) is 29.7 Å². The summed E-state index contributed by atoms with van der Waals surface area (Å²) >= 11 is 0. The van der Waals surface area contributed by atoms with Gasteiger partial charge in [-0.3, -0.25) is 19.7 Å². The molecule has 0 bridgehead atoms. The highest BCUT2D eigenvalue weighted by atomic mass is 16.2. The van der Waals surface area contributed by atoms with Crippen molar-refractivity contribution in [3.63, 3.8) is 0 Å². The number of pyridine rings is 1. The Kier molecular flexibility index (Phi) is 5.20. The second-order valence-electron chi connectivity index (χ2n) is 5.60. The Morgan fingerprint density at radius 2 is 2.05 bits per heavy atom. The van der Waals surface area contributed by atoms with Crippen molar-refractivity contribution in [1.82, 2.24) is 19.9 Å². The smallest absolute Gasteiger partial charge is 0.255 e. The van der Waals surface area contributed by atoms with Crippen molar-refractivity contribution in [3.05, 3.63) is 53.4 Å². The van der Waals surface area contributed by atoms with Crippen molar-refractivity contribution >= 4 is 5.91 Å². The van der Waals surface area contributed by atoms with Crippen LogP contribution in [-0.2, 0) is 13.0 Å². The van der Waals surface area contributed by atoms with Crippen molar-refractivity contribution in [3.8, 4) is 0 Å². The molecule has 2 heterocycles. The largest absolute Gasteiger partial charge is 0.336 e. The Bertz CT molecular complexity index is 640. The van der Waals surface area contributed by atoms with E-state index in [4.69, 9.17) is 0 Å². The fourth-order valence-electron chi connectivity index (χ4n) is 2.24. The van der Waals surface area contributed by atoms with E-state index in [9.17, 15) is 4.79 Å². The van der Waals surface area contributed by atoms with Gasteiger partial charge in [0.1, 0.15) is 0 Å². The van der Waals surface area contributed by atoms with Gasteiger partial charge in [-0.2, -0.15) is 0 Å². The molecule has 0 radical (unpaired) electrons. The lowest BCUT2D eigenvalue weighted by Gasteiger charge is -2.19. The third-order valence-corrected chi connectivity index (χ3v) is 3.52. The zero-order valence-electron chi connectivity index (χ0n) is 13.6. The summed E-state index contributed by atoms with van der Waals surface area (Å²) in [5, 5.41) is 0. The predicted molar refractivity (Wildman–Crippen MR) is 85.5 cm³/mol. The highest BCUT2D eigenvalue weighted by molar-refractivity contribution is 5.95. The fourth-order valence-corrected chi connectivity index (χ4v) is 2.24. The van der Waals surface area contributed by atoms with Crippen LogP contribution in [-0.4, -0.2) is 32.8 Å². The Balaban J connectivity index is 2.21. The van der Waals surface area contributed by atoms with Gasteiger partial charge in [-0.25, -0.2) is 0 Å². The van der Waals surface area contributed by atoms with Crippen molar-refractivity contribution in [2.75, 3.05) is 7.05 Å². The molecule has 0 saturated carbocycles. The normalized spacial score (nSPS) is 10.8. The molecule has 0 aromatic carbocycles. The Morgan fingerprint density at radius 1 is 1.27 bits per heavy atom. The van der Waals surface area contributed by atoms with E-state index in [0.717, 1.165) is 23.5 Å². The van der Waals surface area contributed by atoms with E-state index in [1.54, 1.807) is 30.5 Å². The van der Waals surface area contributed by atoms with E-state index in [1.165, 1.54) is 0 Å². The van der Waals surface area contributed by atoms with E-state index in [1.807, 2.05) is 19.1 Å². The molecule has 0 atom stereocenters. The number of amides is 1. The molecule has 0 aliphatic carbocycles. The summed E-state index contributed by atoms with van der Waals surface area (Å²) in [5.74, 6) is 0.317. The standard InChI is InChI=1S/C17H22N4O/c1-5-15-14(6-7-16(20-15)12(2)3)17(22)21(4)11-13-10-18-8-9-19-13/h6-10,12H,5,11H2,1-4H3. The molecule has 0 spiro atoms. The van der Waals surface area contributed by atoms with E-state index in [2.05, 4.69) is 28.8 Å². The van der Waals surface area contributed by atoms with E-state index < -0.39 is 0 Å². The van der Waals surface area contributed by atoms with E-state index in [0.29, 0.717) is 18.0 Å². The SMILES string of the molecule is CCc1nc(C(C)C)ccc1C(=O)N(C)Cc1cnccn1.